The zero-order valence-electron chi connectivity index (χ0n) is 27.9. The van der Waals surface area contributed by atoms with Gasteiger partial charge in [0.1, 0.15) is 12.6 Å². The monoisotopic (exact) mass is 735 g/mol. The SMILES string of the molecule is CCC(C)NC(=O)C(Cc1ccccc1)N(Cc1ccc(Br)cc1)C(=O)CN(c1ccc(OC)c(OC)c1)S(=O)(=O)c1ccc(C)cc1. The van der Waals surface area contributed by atoms with E-state index in [0.717, 1.165) is 25.5 Å². The predicted molar refractivity (Wildman–Crippen MR) is 192 cm³/mol. The fourth-order valence-electron chi connectivity index (χ4n) is 5.13. The number of benzene rings is 4. The summed E-state index contributed by atoms with van der Waals surface area (Å²) in [6, 6.07) is 27.0. The van der Waals surface area contributed by atoms with E-state index in [0.29, 0.717) is 17.9 Å². The first-order valence-electron chi connectivity index (χ1n) is 15.7. The molecule has 4 aromatic rings. The summed E-state index contributed by atoms with van der Waals surface area (Å²) in [7, 11) is -1.33. The number of nitrogens with one attached hydrogen (secondary N) is 1. The van der Waals surface area contributed by atoms with Gasteiger partial charge in [-0.05, 0) is 67.8 Å². The molecule has 0 aliphatic carbocycles. The van der Waals surface area contributed by atoms with Crippen molar-refractivity contribution in [3.63, 3.8) is 0 Å². The number of carbonyl (C=O) groups excluding carboxylic acids is 2. The lowest BCUT2D eigenvalue weighted by Gasteiger charge is -2.34. The highest BCUT2D eigenvalue weighted by Crippen LogP contribution is 2.34. The first-order valence-corrected chi connectivity index (χ1v) is 17.9. The van der Waals surface area contributed by atoms with E-state index in [4.69, 9.17) is 9.47 Å². The highest BCUT2D eigenvalue weighted by atomic mass is 79.9. The molecule has 1 N–H and O–H groups in total. The highest BCUT2D eigenvalue weighted by molar-refractivity contribution is 9.10. The Hall–Kier alpha value is -4.35. The maximum atomic E-state index is 14.7. The van der Waals surface area contributed by atoms with Gasteiger partial charge in [-0.2, -0.15) is 0 Å². The maximum absolute atomic E-state index is 14.7. The molecule has 4 rings (SSSR count). The van der Waals surface area contributed by atoms with Gasteiger partial charge in [-0.15, -0.1) is 0 Å². The molecule has 0 saturated carbocycles. The fraction of sp³-hybridized carbons (Fsp3) is 0.297. The minimum absolute atomic E-state index is 0.0190. The van der Waals surface area contributed by atoms with Crippen molar-refractivity contribution in [3.8, 4) is 11.5 Å². The molecule has 254 valence electrons. The summed E-state index contributed by atoms with van der Waals surface area (Å²) in [6.45, 7) is 5.24. The molecule has 2 atom stereocenters. The predicted octanol–water partition coefficient (Wildman–Crippen LogP) is 6.52. The van der Waals surface area contributed by atoms with Gasteiger partial charge in [0, 0.05) is 29.5 Å². The number of aryl methyl sites for hydroxylation is 1. The van der Waals surface area contributed by atoms with E-state index in [-0.39, 0.29) is 35.5 Å². The molecule has 2 amide bonds. The lowest BCUT2D eigenvalue weighted by Crippen LogP contribution is -2.54. The Bertz CT molecular complexity index is 1780. The van der Waals surface area contributed by atoms with Crippen LogP contribution in [0.15, 0.2) is 106 Å². The topological polar surface area (TPSA) is 105 Å². The van der Waals surface area contributed by atoms with Gasteiger partial charge >= 0.3 is 0 Å². The van der Waals surface area contributed by atoms with Crippen molar-refractivity contribution in [1.29, 1.82) is 0 Å². The van der Waals surface area contributed by atoms with Gasteiger partial charge in [-0.1, -0.05) is 83.0 Å². The summed E-state index contributed by atoms with van der Waals surface area (Å²) in [6.07, 6.45) is 0.929. The number of hydrogen-bond donors (Lipinski definition) is 1. The number of nitrogens with zero attached hydrogens (tertiary/aromatic N) is 2. The number of rotatable bonds is 15. The molecule has 0 aliphatic heterocycles. The molecule has 48 heavy (non-hydrogen) atoms. The molecular formula is C37H42BrN3O6S. The average molecular weight is 737 g/mol. The molecule has 0 spiro atoms. The Morgan fingerprint density at radius 1 is 0.854 bits per heavy atom. The van der Waals surface area contributed by atoms with Crippen LogP contribution >= 0.6 is 15.9 Å². The van der Waals surface area contributed by atoms with Crippen molar-refractivity contribution < 1.29 is 27.5 Å². The van der Waals surface area contributed by atoms with Crippen LogP contribution in [0.25, 0.3) is 0 Å². The number of amides is 2. The van der Waals surface area contributed by atoms with Crippen LogP contribution in [-0.2, 0) is 32.6 Å². The van der Waals surface area contributed by atoms with Crippen molar-refractivity contribution in [2.75, 3.05) is 25.1 Å². The minimum atomic E-state index is -4.27. The largest absolute Gasteiger partial charge is 0.493 e. The second-order valence-corrected chi connectivity index (χ2v) is 14.3. The van der Waals surface area contributed by atoms with Gasteiger partial charge in [-0.25, -0.2) is 8.42 Å². The number of anilines is 1. The van der Waals surface area contributed by atoms with Crippen LogP contribution in [0.4, 0.5) is 5.69 Å². The lowest BCUT2D eigenvalue weighted by molar-refractivity contribution is -0.140. The Kier molecular flexibility index (Phi) is 12.7. The summed E-state index contributed by atoms with van der Waals surface area (Å²) >= 11 is 3.46. The maximum Gasteiger partial charge on any atom is 0.264 e. The van der Waals surface area contributed by atoms with Crippen LogP contribution in [0, 0.1) is 6.92 Å². The van der Waals surface area contributed by atoms with Gasteiger partial charge in [0.15, 0.2) is 11.5 Å². The Labute approximate surface area is 292 Å². The molecule has 11 heteroatoms. The van der Waals surface area contributed by atoms with Crippen molar-refractivity contribution in [3.05, 3.63) is 118 Å². The highest BCUT2D eigenvalue weighted by Gasteiger charge is 2.35. The molecule has 0 radical (unpaired) electrons. The summed E-state index contributed by atoms with van der Waals surface area (Å²) in [5.41, 5.74) is 2.73. The zero-order chi connectivity index (χ0) is 34.8. The Balaban J connectivity index is 1.84. The Morgan fingerprint density at radius 2 is 1.50 bits per heavy atom. The lowest BCUT2D eigenvalue weighted by atomic mass is 10.0. The third-order valence-corrected chi connectivity index (χ3v) is 10.4. The zero-order valence-corrected chi connectivity index (χ0v) is 30.3. The van der Waals surface area contributed by atoms with Crippen LogP contribution in [0.2, 0.25) is 0 Å². The molecule has 9 nitrogen and oxygen atoms in total. The van der Waals surface area contributed by atoms with Crippen molar-refractivity contribution >= 4 is 43.5 Å². The quantitative estimate of drug-likeness (QED) is 0.149. The molecule has 2 unspecified atom stereocenters. The molecule has 0 fully saturated rings. The van der Waals surface area contributed by atoms with Crippen LogP contribution < -0.4 is 19.1 Å². The second kappa shape index (κ2) is 16.7. The Morgan fingerprint density at radius 3 is 2.10 bits per heavy atom. The second-order valence-electron chi connectivity index (χ2n) is 11.5. The number of halogens is 1. The third-order valence-electron chi connectivity index (χ3n) is 8.08. The smallest absolute Gasteiger partial charge is 0.264 e. The third kappa shape index (κ3) is 9.17. The molecule has 0 heterocycles. The van der Waals surface area contributed by atoms with E-state index >= 15 is 0 Å². The van der Waals surface area contributed by atoms with E-state index in [1.54, 1.807) is 24.3 Å². The van der Waals surface area contributed by atoms with Crippen molar-refractivity contribution in [2.45, 2.75) is 57.1 Å². The van der Waals surface area contributed by atoms with Gasteiger partial charge in [0.05, 0.1) is 24.8 Å². The van der Waals surface area contributed by atoms with Gasteiger partial charge in [0.2, 0.25) is 11.8 Å². The van der Waals surface area contributed by atoms with Crippen LogP contribution in [-0.4, -0.2) is 58.0 Å². The van der Waals surface area contributed by atoms with Crippen LogP contribution in [0.1, 0.15) is 37.0 Å². The fourth-order valence-corrected chi connectivity index (χ4v) is 6.80. The van der Waals surface area contributed by atoms with Crippen molar-refractivity contribution in [2.24, 2.45) is 0 Å². The first-order chi connectivity index (χ1) is 23.0. The molecule has 0 bridgehead atoms. The molecule has 0 aliphatic rings. The summed E-state index contributed by atoms with van der Waals surface area (Å²) in [4.78, 5) is 30.2. The average Bonchev–Trinajstić information content (AvgIpc) is 3.09. The molecule has 0 aromatic heterocycles. The number of hydrogen-bond acceptors (Lipinski definition) is 6. The molecule has 0 saturated heterocycles. The van der Waals surface area contributed by atoms with E-state index in [1.165, 1.54) is 37.3 Å². The first kappa shape index (κ1) is 36.5. The van der Waals surface area contributed by atoms with Crippen molar-refractivity contribution in [1.82, 2.24) is 10.2 Å². The summed E-state index contributed by atoms with van der Waals surface area (Å²) in [5.74, 6) is -0.170. The van der Waals surface area contributed by atoms with Gasteiger partial charge in [-0.3, -0.25) is 13.9 Å². The number of sulfonamides is 1. The molecular weight excluding hydrogens is 694 g/mol. The standard InChI is InChI=1S/C37H42BrN3O6S/c1-6-27(3)39-37(43)33(22-28-10-8-7-9-11-28)40(24-29-14-16-30(38)17-15-29)36(42)25-41(31-18-21-34(46-4)35(23-31)47-5)48(44,45)32-19-12-26(2)13-20-32/h7-21,23,27,33H,6,22,24-25H2,1-5H3,(H,39,43). The van der Waals surface area contributed by atoms with Gasteiger partial charge in [0.25, 0.3) is 10.0 Å². The summed E-state index contributed by atoms with van der Waals surface area (Å²) in [5, 5.41) is 3.05. The van der Waals surface area contributed by atoms with Crippen LogP contribution in [0.3, 0.4) is 0 Å². The van der Waals surface area contributed by atoms with E-state index in [9.17, 15) is 18.0 Å². The van der Waals surface area contributed by atoms with E-state index < -0.39 is 28.5 Å². The van der Waals surface area contributed by atoms with Crippen LogP contribution in [0.5, 0.6) is 11.5 Å². The number of methoxy groups -OCH3 is 2. The van der Waals surface area contributed by atoms with Gasteiger partial charge < -0.3 is 19.7 Å². The molecule has 4 aromatic carbocycles. The number of carbonyl (C=O) groups is 2. The van der Waals surface area contributed by atoms with E-state index in [1.807, 2.05) is 75.4 Å². The summed E-state index contributed by atoms with van der Waals surface area (Å²) < 4.78 is 41.5. The van der Waals surface area contributed by atoms with E-state index in [2.05, 4.69) is 21.2 Å². The normalized spacial score (nSPS) is 12.5. The number of ether oxygens (including phenoxy) is 2. The minimum Gasteiger partial charge on any atom is -0.493 e.